The molecule has 4 rings (SSSR count). The maximum atomic E-state index is 14.3. The number of hydrogen-bond donors (Lipinski definition) is 1. The molecule has 1 unspecified atom stereocenters. The lowest BCUT2D eigenvalue weighted by molar-refractivity contribution is -0.136. The van der Waals surface area contributed by atoms with E-state index < -0.39 is 29.2 Å². The first kappa shape index (κ1) is 17.0. The lowest BCUT2D eigenvalue weighted by atomic mass is 9.91. The third kappa shape index (κ3) is 2.12. The molecule has 2 heterocycles. The van der Waals surface area contributed by atoms with Crippen molar-refractivity contribution >= 4 is 51.2 Å². The van der Waals surface area contributed by atoms with Crippen molar-refractivity contribution in [1.29, 1.82) is 0 Å². The van der Waals surface area contributed by atoms with Crippen LogP contribution in [-0.2, 0) is 21.7 Å². The second-order valence-corrected chi connectivity index (χ2v) is 7.15. The number of benzene rings is 2. The van der Waals surface area contributed by atoms with Crippen LogP contribution in [0.25, 0.3) is 0 Å². The molecule has 2 aromatic rings. The zero-order valence-electron chi connectivity index (χ0n) is 13.0. The lowest BCUT2D eigenvalue weighted by Crippen LogP contribution is -2.51. The zero-order valence-corrected chi connectivity index (χ0v) is 15.3. The normalized spacial score (nSPS) is 21.6. The Labute approximate surface area is 160 Å². The summed E-state index contributed by atoms with van der Waals surface area (Å²) in [6, 6.07) is 10.1. The van der Waals surface area contributed by atoms with Gasteiger partial charge in [-0.1, -0.05) is 40.2 Å². The quantitative estimate of drug-likeness (QED) is 0.445. The number of imide groups is 1. The molecule has 2 aromatic carbocycles. The highest BCUT2D eigenvalue weighted by atomic mass is 79.9. The molecule has 2 aliphatic heterocycles. The maximum Gasteiger partial charge on any atom is 0.340 e. The van der Waals surface area contributed by atoms with E-state index in [1.54, 1.807) is 36.4 Å². The number of urea groups is 1. The van der Waals surface area contributed by atoms with E-state index in [0.717, 1.165) is 0 Å². The van der Waals surface area contributed by atoms with Crippen molar-refractivity contribution < 1.29 is 18.8 Å². The van der Waals surface area contributed by atoms with E-state index in [1.165, 1.54) is 11.0 Å². The van der Waals surface area contributed by atoms with Gasteiger partial charge in [0.05, 0.1) is 12.2 Å². The molecule has 0 aliphatic carbocycles. The Morgan fingerprint density at radius 2 is 1.88 bits per heavy atom. The number of anilines is 1. The molecule has 1 saturated heterocycles. The molecular weight excluding hydrogens is 429 g/mol. The van der Waals surface area contributed by atoms with Gasteiger partial charge in [0.15, 0.2) is 0 Å². The second-order valence-electron chi connectivity index (χ2n) is 5.89. The van der Waals surface area contributed by atoms with E-state index in [9.17, 15) is 18.8 Å². The third-order valence-electron chi connectivity index (χ3n) is 4.50. The minimum Gasteiger partial charge on any atom is -0.305 e. The van der Waals surface area contributed by atoms with Crippen molar-refractivity contribution in [2.24, 2.45) is 0 Å². The average Bonchev–Trinajstić information content (AvgIpc) is 2.98. The fourth-order valence-corrected chi connectivity index (χ4v) is 3.91. The Morgan fingerprint density at radius 3 is 2.54 bits per heavy atom. The molecule has 0 aromatic heterocycles. The number of amides is 4. The van der Waals surface area contributed by atoms with Crippen molar-refractivity contribution in [2.75, 3.05) is 4.90 Å². The highest BCUT2D eigenvalue weighted by Crippen LogP contribution is 2.47. The summed E-state index contributed by atoms with van der Waals surface area (Å²) in [5.41, 5.74) is -1.04. The molecule has 2 aliphatic rings. The Bertz CT molecular complexity index is 985. The number of halogens is 3. The molecule has 9 heteroatoms. The van der Waals surface area contributed by atoms with Gasteiger partial charge >= 0.3 is 6.03 Å². The van der Waals surface area contributed by atoms with Gasteiger partial charge in [0.1, 0.15) is 5.82 Å². The number of nitrogens with one attached hydrogen (secondary N) is 1. The first-order valence-corrected chi connectivity index (χ1v) is 8.67. The summed E-state index contributed by atoms with van der Waals surface area (Å²) in [6.07, 6.45) is 0. The summed E-state index contributed by atoms with van der Waals surface area (Å²) < 4.78 is 15.4. The van der Waals surface area contributed by atoms with Crippen LogP contribution in [0.4, 0.5) is 14.9 Å². The van der Waals surface area contributed by atoms with Crippen molar-refractivity contribution in [3.63, 3.8) is 0 Å². The predicted octanol–water partition coefficient (Wildman–Crippen LogP) is 3.04. The number of hydrogen-bond acceptors (Lipinski definition) is 3. The molecule has 0 bridgehead atoms. The minimum absolute atomic E-state index is 0.108. The van der Waals surface area contributed by atoms with Crippen LogP contribution < -0.4 is 10.2 Å². The van der Waals surface area contributed by atoms with Crippen LogP contribution in [0.3, 0.4) is 0 Å². The Kier molecular flexibility index (Phi) is 3.78. The molecule has 26 heavy (non-hydrogen) atoms. The number of para-hydroxylation sites is 1. The third-order valence-corrected chi connectivity index (χ3v) is 5.41. The van der Waals surface area contributed by atoms with E-state index in [0.29, 0.717) is 14.6 Å². The molecule has 0 radical (unpaired) electrons. The highest BCUT2D eigenvalue weighted by molar-refractivity contribution is 9.10. The van der Waals surface area contributed by atoms with Crippen LogP contribution in [-0.4, -0.2) is 22.3 Å². The van der Waals surface area contributed by atoms with Crippen molar-refractivity contribution in [1.82, 2.24) is 9.74 Å². The van der Waals surface area contributed by atoms with Gasteiger partial charge in [-0.3, -0.25) is 14.9 Å². The molecule has 0 saturated carbocycles. The lowest BCUT2D eigenvalue weighted by Gasteiger charge is -2.25. The van der Waals surface area contributed by atoms with Crippen LogP contribution in [0.15, 0.2) is 46.9 Å². The van der Waals surface area contributed by atoms with Crippen molar-refractivity contribution in [3.8, 4) is 0 Å². The Balaban J connectivity index is 1.85. The van der Waals surface area contributed by atoms with Gasteiger partial charge in [0, 0.05) is 27.4 Å². The van der Waals surface area contributed by atoms with Gasteiger partial charge in [-0.25, -0.2) is 13.6 Å². The molecule has 1 atom stereocenters. The average molecular weight is 439 g/mol. The molecule has 6 nitrogen and oxygen atoms in total. The summed E-state index contributed by atoms with van der Waals surface area (Å²) in [5, 5.41) is 2.06. The summed E-state index contributed by atoms with van der Waals surface area (Å²) in [7, 11) is 0. The molecule has 1 spiro atoms. The van der Waals surface area contributed by atoms with Gasteiger partial charge in [0.25, 0.3) is 11.8 Å². The summed E-state index contributed by atoms with van der Waals surface area (Å²) in [6.45, 7) is -0.108. The van der Waals surface area contributed by atoms with Gasteiger partial charge in [-0.2, -0.15) is 0 Å². The van der Waals surface area contributed by atoms with Crippen LogP contribution in [0.5, 0.6) is 0 Å². The van der Waals surface area contributed by atoms with Crippen molar-refractivity contribution in [2.45, 2.75) is 12.1 Å². The molecule has 4 amide bonds. The number of carbonyl (C=O) groups excluding carboxylic acids is 3. The monoisotopic (exact) mass is 437 g/mol. The largest absolute Gasteiger partial charge is 0.340 e. The summed E-state index contributed by atoms with van der Waals surface area (Å²) in [5.74, 6) is -2.03. The number of nitrogens with zero attached hydrogens (tertiary/aromatic N) is 2. The Morgan fingerprint density at radius 1 is 1.15 bits per heavy atom. The van der Waals surface area contributed by atoms with Crippen LogP contribution in [0.2, 0.25) is 0 Å². The van der Waals surface area contributed by atoms with Crippen molar-refractivity contribution in [3.05, 3.63) is 63.9 Å². The van der Waals surface area contributed by atoms with Gasteiger partial charge in [0.2, 0.25) is 5.54 Å². The van der Waals surface area contributed by atoms with Crippen LogP contribution in [0, 0.1) is 5.82 Å². The fraction of sp³-hybridized carbons (Fsp3) is 0.118. The number of fused-ring (bicyclic) bond motifs is 2. The van der Waals surface area contributed by atoms with Gasteiger partial charge < -0.3 is 4.90 Å². The SMILES string of the molecule is O=C1NC(=O)C2(C(=O)N(Cc3ccc(Br)cc3F)c3ccccc32)N1Cl. The van der Waals surface area contributed by atoms with E-state index in [2.05, 4.69) is 21.2 Å². The van der Waals surface area contributed by atoms with E-state index >= 15 is 0 Å². The molecule has 132 valence electrons. The first-order valence-electron chi connectivity index (χ1n) is 7.54. The van der Waals surface area contributed by atoms with E-state index in [1.807, 2.05) is 0 Å². The van der Waals surface area contributed by atoms with Gasteiger partial charge in [-0.15, -0.1) is 0 Å². The number of carbonyl (C=O) groups is 3. The smallest absolute Gasteiger partial charge is 0.305 e. The standard InChI is InChI=1S/C17H10BrClFN3O3/c18-10-6-5-9(12(20)7-10)8-22-13-4-2-1-3-11(13)17(15(22)25)14(24)21-16(26)23(17)19/h1-7H,8H2,(H,21,24,26). The second kappa shape index (κ2) is 5.78. The van der Waals surface area contributed by atoms with Gasteiger partial charge in [-0.05, 0) is 18.2 Å². The fourth-order valence-electron chi connectivity index (χ4n) is 3.30. The summed E-state index contributed by atoms with van der Waals surface area (Å²) in [4.78, 5) is 38.8. The highest BCUT2D eigenvalue weighted by Gasteiger charge is 2.66. The minimum atomic E-state index is -1.99. The molecule has 1 fully saturated rings. The first-order chi connectivity index (χ1) is 12.4. The van der Waals surface area contributed by atoms with Crippen LogP contribution in [0.1, 0.15) is 11.1 Å². The van der Waals surface area contributed by atoms with Crippen LogP contribution >= 0.6 is 27.7 Å². The topological polar surface area (TPSA) is 69.7 Å². The number of rotatable bonds is 2. The molecule has 1 N–H and O–H groups in total. The zero-order chi connectivity index (χ0) is 18.6. The Hall–Kier alpha value is -2.45. The maximum absolute atomic E-state index is 14.3. The van der Waals surface area contributed by atoms with E-state index in [4.69, 9.17) is 11.8 Å². The predicted molar refractivity (Wildman–Crippen MR) is 94.6 cm³/mol. The summed E-state index contributed by atoms with van der Waals surface area (Å²) >= 11 is 9.22. The molecular formula is C17H10BrClFN3O3. The van der Waals surface area contributed by atoms with E-state index in [-0.39, 0.29) is 17.7 Å².